The maximum atomic E-state index is 5.35. The predicted molar refractivity (Wildman–Crippen MR) is 52.1 cm³/mol. The Morgan fingerprint density at radius 3 is 2.92 bits per heavy atom. The Balaban J connectivity index is 2.77. The summed E-state index contributed by atoms with van der Waals surface area (Å²) in [5.41, 5.74) is 5.13. The Kier molecular flexibility index (Phi) is 1.83. The summed E-state index contributed by atoms with van der Waals surface area (Å²) in [7, 11) is 0. The molecule has 66 valence electrons. The van der Waals surface area contributed by atoms with Gasteiger partial charge in [0.25, 0.3) is 0 Å². The van der Waals surface area contributed by atoms with Crippen molar-refractivity contribution in [3.05, 3.63) is 30.1 Å². The fraction of sp³-hybridized carbons (Fsp3) is 0.111. The molecule has 0 fully saturated rings. The van der Waals surface area contributed by atoms with E-state index in [-0.39, 0.29) is 0 Å². The Bertz CT molecular complexity index is 439. The molecule has 0 aliphatic heterocycles. The van der Waals surface area contributed by atoms with Gasteiger partial charge in [-0.25, -0.2) is 9.97 Å². The van der Waals surface area contributed by atoms with E-state index >= 15 is 0 Å². The van der Waals surface area contributed by atoms with Crippen LogP contribution in [0.1, 0.15) is 5.69 Å². The first-order valence-electron chi connectivity index (χ1n) is 4.00. The minimum atomic E-state index is 0.718. The summed E-state index contributed by atoms with van der Waals surface area (Å²) < 4.78 is 0. The zero-order chi connectivity index (χ0) is 9.26. The molecule has 0 atom stereocenters. The summed E-state index contributed by atoms with van der Waals surface area (Å²) in [4.78, 5) is 8.42. The van der Waals surface area contributed by atoms with E-state index in [1.807, 2.05) is 25.1 Å². The lowest BCUT2D eigenvalue weighted by molar-refractivity contribution is 1.20. The standard InChI is InChI=1S/C9H10N4/c1-6-2-3-7-8(13-10)4-5-11-9(7)12-6/h2-5H,10H2,1H3,(H,11,12,13). The highest BCUT2D eigenvalue weighted by Gasteiger charge is 2.00. The van der Waals surface area contributed by atoms with Gasteiger partial charge >= 0.3 is 0 Å². The first-order chi connectivity index (χ1) is 6.31. The molecule has 0 aliphatic carbocycles. The topological polar surface area (TPSA) is 63.8 Å². The van der Waals surface area contributed by atoms with Crippen molar-refractivity contribution in [3.8, 4) is 0 Å². The number of hydrazine groups is 1. The summed E-state index contributed by atoms with van der Waals surface area (Å²) in [5, 5.41) is 0.940. The van der Waals surface area contributed by atoms with Gasteiger partial charge in [0.15, 0.2) is 5.65 Å². The van der Waals surface area contributed by atoms with E-state index < -0.39 is 0 Å². The van der Waals surface area contributed by atoms with Crippen LogP contribution in [0.5, 0.6) is 0 Å². The van der Waals surface area contributed by atoms with Gasteiger partial charge in [0.1, 0.15) is 0 Å². The summed E-state index contributed by atoms with van der Waals surface area (Å²) in [6, 6.07) is 5.71. The Hall–Kier alpha value is -1.68. The smallest absolute Gasteiger partial charge is 0.161 e. The van der Waals surface area contributed by atoms with Crippen LogP contribution in [0, 0.1) is 6.92 Å². The first-order valence-corrected chi connectivity index (χ1v) is 4.00. The lowest BCUT2D eigenvalue weighted by Crippen LogP contribution is -2.07. The maximum Gasteiger partial charge on any atom is 0.161 e. The highest BCUT2D eigenvalue weighted by Crippen LogP contribution is 2.18. The number of hydrogen-bond acceptors (Lipinski definition) is 4. The molecule has 0 aliphatic rings. The number of aromatic nitrogens is 2. The fourth-order valence-electron chi connectivity index (χ4n) is 1.25. The van der Waals surface area contributed by atoms with Crippen LogP contribution in [0.2, 0.25) is 0 Å². The number of hydrogen-bond donors (Lipinski definition) is 2. The average Bonchev–Trinajstić information content (AvgIpc) is 2.16. The molecule has 2 aromatic rings. The summed E-state index contributed by atoms with van der Waals surface area (Å²) in [6.07, 6.45) is 1.68. The maximum absolute atomic E-state index is 5.35. The third-order valence-corrected chi connectivity index (χ3v) is 1.90. The third kappa shape index (κ3) is 1.31. The van der Waals surface area contributed by atoms with Crippen molar-refractivity contribution < 1.29 is 0 Å². The molecule has 0 aromatic carbocycles. The molecule has 3 N–H and O–H groups in total. The second-order valence-electron chi connectivity index (χ2n) is 2.83. The molecule has 4 heteroatoms. The summed E-state index contributed by atoms with van der Waals surface area (Å²) in [6.45, 7) is 1.93. The zero-order valence-corrected chi connectivity index (χ0v) is 7.28. The second-order valence-corrected chi connectivity index (χ2v) is 2.83. The molecule has 0 bridgehead atoms. The molecule has 13 heavy (non-hydrogen) atoms. The van der Waals surface area contributed by atoms with Crippen LogP contribution in [0.4, 0.5) is 5.69 Å². The van der Waals surface area contributed by atoms with Crippen LogP contribution in [0.25, 0.3) is 11.0 Å². The van der Waals surface area contributed by atoms with Gasteiger partial charge in [-0.3, -0.25) is 5.84 Å². The van der Waals surface area contributed by atoms with Gasteiger partial charge in [-0.2, -0.15) is 0 Å². The van der Waals surface area contributed by atoms with Crippen molar-refractivity contribution >= 4 is 16.7 Å². The highest BCUT2D eigenvalue weighted by atomic mass is 15.2. The largest absolute Gasteiger partial charge is 0.323 e. The molecular weight excluding hydrogens is 164 g/mol. The molecule has 2 rings (SSSR count). The number of nitrogens with one attached hydrogen (secondary N) is 1. The van der Waals surface area contributed by atoms with Crippen LogP contribution in [0.3, 0.4) is 0 Å². The van der Waals surface area contributed by atoms with Crippen molar-refractivity contribution in [2.75, 3.05) is 5.43 Å². The van der Waals surface area contributed by atoms with E-state index in [9.17, 15) is 0 Å². The van der Waals surface area contributed by atoms with Gasteiger partial charge in [0.2, 0.25) is 0 Å². The summed E-state index contributed by atoms with van der Waals surface area (Å²) in [5.74, 6) is 5.35. The molecule has 0 saturated carbocycles. The molecule has 0 amide bonds. The van der Waals surface area contributed by atoms with Gasteiger partial charge in [0, 0.05) is 17.3 Å². The van der Waals surface area contributed by atoms with Crippen LogP contribution in [-0.2, 0) is 0 Å². The Morgan fingerprint density at radius 2 is 2.15 bits per heavy atom. The fourth-order valence-corrected chi connectivity index (χ4v) is 1.25. The quantitative estimate of drug-likeness (QED) is 0.504. The Morgan fingerprint density at radius 1 is 1.31 bits per heavy atom. The number of aryl methyl sites for hydroxylation is 1. The molecule has 0 unspecified atom stereocenters. The SMILES string of the molecule is Cc1ccc2c(NN)ccnc2n1. The number of pyridine rings is 2. The van der Waals surface area contributed by atoms with Crippen LogP contribution < -0.4 is 11.3 Å². The molecule has 4 nitrogen and oxygen atoms in total. The monoisotopic (exact) mass is 174 g/mol. The van der Waals surface area contributed by atoms with Gasteiger partial charge < -0.3 is 5.43 Å². The van der Waals surface area contributed by atoms with Crippen molar-refractivity contribution in [1.29, 1.82) is 0 Å². The van der Waals surface area contributed by atoms with Gasteiger partial charge in [-0.15, -0.1) is 0 Å². The van der Waals surface area contributed by atoms with Crippen molar-refractivity contribution in [2.45, 2.75) is 6.92 Å². The number of nitrogens with zero attached hydrogens (tertiary/aromatic N) is 2. The number of fused-ring (bicyclic) bond motifs is 1. The minimum absolute atomic E-state index is 0.718. The van der Waals surface area contributed by atoms with E-state index in [1.54, 1.807) is 6.20 Å². The van der Waals surface area contributed by atoms with Gasteiger partial charge in [-0.05, 0) is 25.1 Å². The number of nitrogens with two attached hydrogens (primary N) is 1. The van der Waals surface area contributed by atoms with Crippen molar-refractivity contribution in [3.63, 3.8) is 0 Å². The average molecular weight is 174 g/mol. The van der Waals surface area contributed by atoms with Crippen LogP contribution in [0.15, 0.2) is 24.4 Å². The van der Waals surface area contributed by atoms with E-state index in [4.69, 9.17) is 5.84 Å². The third-order valence-electron chi connectivity index (χ3n) is 1.90. The van der Waals surface area contributed by atoms with Crippen LogP contribution >= 0.6 is 0 Å². The number of anilines is 1. The van der Waals surface area contributed by atoms with Gasteiger partial charge in [-0.1, -0.05) is 0 Å². The molecule has 2 aromatic heterocycles. The van der Waals surface area contributed by atoms with Gasteiger partial charge in [0.05, 0.1) is 5.69 Å². The molecule has 0 radical (unpaired) electrons. The number of nitrogen functional groups attached to an aromatic ring is 1. The number of rotatable bonds is 1. The molecule has 0 spiro atoms. The second kappa shape index (κ2) is 2.99. The van der Waals surface area contributed by atoms with E-state index in [1.165, 1.54) is 0 Å². The minimum Gasteiger partial charge on any atom is -0.323 e. The normalized spacial score (nSPS) is 10.3. The Labute approximate surface area is 75.8 Å². The molecule has 0 saturated heterocycles. The molecular formula is C9H10N4. The summed E-state index contributed by atoms with van der Waals surface area (Å²) >= 11 is 0. The zero-order valence-electron chi connectivity index (χ0n) is 7.28. The lowest BCUT2D eigenvalue weighted by atomic mass is 10.2. The van der Waals surface area contributed by atoms with Crippen LogP contribution in [-0.4, -0.2) is 9.97 Å². The van der Waals surface area contributed by atoms with E-state index in [0.717, 1.165) is 22.4 Å². The predicted octanol–water partition coefficient (Wildman–Crippen LogP) is 1.22. The lowest BCUT2D eigenvalue weighted by Gasteiger charge is -2.03. The van der Waals surface area contributed by atoms with Crippen molar-refractivity contribution in [1.82, 2.24) is 9.97 Å². The van der Waals surface area contributed by atoms with Crippen molar-refractivity contribution in [2.24, 2.45) is 5.84 Å². The molecule has 2 heterocycles. The van der Waals surface area contributed by atoms with E-state index in [2.05, 4.69) is 15.4 Å². The van der Waals surface area contributed by atoms with E-state index in [0.29, 0.717) is 0 Å². The first kappa shape index (κ1) is 7.94. The highest BCUT2D eigenvalue weighted by molar-refractivity contribution is 5.88.